The Morgan fingerprint density at radius 1 is 1.35 bits per heavy atom. The molecule has 1 unspecified atom stereocenters. The molecule has 20 heavy (non-hydrogen) atoms. The molecule has 1 saturated heterocycles. The van der Waals surface area contributed by atoms with Gasteiger partial charge in [0.15, 0.2) is 0 Å². The number of rotatable bonds is 5. The maximum absolute atomic E-state index is 12.5. The largest absolute Gasteiger partial charge is 0.396 e. The van der Waals surface area contributed by atoms with Crippen molar-refractivity contribution in [2.75, 3.05) is 26.7 Å². The fourth-order valence-corrected chi connectivity index (χ4v) is 4.08. The van der Waals surface area contributed by atoms with Gasteiger partial charge < -0.3 is 10.4 Å². The Hall–Kier alpha value is -0.950. The summed E-state index contributed by atoms with van der Waals surface area (Å²) in [6.07, 6.45) is 1.70. The highest BCUT2D eigenvalue weighted by Crippen LogP contribution is 2.23. The second-order valence-electron chi connectivity index (χ2n) is 5.23. The van der Waals surface area contributed by atoms with E-state index in [0.717, 1.165) is 24.9 Å². The average molecular weight is 298 g/mol. The maximum Gasteiger partial charge on any atom is 0.243 e. The quantitative estimate of drug-likeness (QED) is 0.843. The van der Waals surface area contributed by atoms with Gasteiger partial charge in [0.25, 0.3) is 0 Å². The molecule has 112 valence electrons. The fourth-order valence-electron chi connectivity index (χ4n) is 2.53. The van der Waals surface area contributed by atoms with Gasteiger partial charge in [0.1, 0.15) is 0 Å². The van der Waals surface area contributed by atoms with Gasteiger partial charge in [-0.15, -0.1) is 0 Å². The second kappa shape index (κ2) is 6.67. The Morgan fingerprint density at radius 3 is 2.65 bits per heavy atom. The summed E-state index contributed by atoms with van der Waals surface area (Å²) in [5.74, 6) is 0.0575. The van der Waals surface area contributed by atoms with E-state index in [4.69, 9.17) is 0 Å². The summed E-state index contributed by atoms with van der Waals surface area (Å²) in [4.78, 5) is 0.330. The van der Waals surface area contributed by atoms with Crippen LogP contribution in [0.2, 0.25) is 0 Å². The Balaban J connectivity index is 2.16. The van der Waals surface area contributed by atoms with E-state index in [2.05, 4.69) is 5.32 Å². The highest BCUT2D eigenvalue weighted by Gasteiger charge is 2.29. The Bertz CT molecular complexity index is 528. The molecule has 0 aromatic heterocycles. The third-order valence-electron chi connectivity index (χ3n) is 3.68. The lowest BCUT2D eigenvalue weighted by Gasteiger charge is -2.30. The molecule has 0 spiro atoms. The highest BCUT2D eigenvalue weighted by atomic mass is 32.2. The average Bonchev–Trinajstić information content (AvgIpc) is 2.48. The first-order chi connectivity index (χ1) is 9.57. The van der Waals surface area contributed by atoms with Crippen LogP contribution in [0.25, 0.3) is 0 Å². The van der Waals surface area contributed by atoms with Crippen molar-refractivity contribution in [3.63, 3.8) is 0 Å². The van der Waals surface area contributed by atoms with E-state index in [9.17, 15) is 13.5 Å². The second-order valence-corrected chi connectivity index (χ2v) is 7.17. The minimum absolute atomic E-state index is 0.0487. The molecule has 2 rings (SSSR count). The Labute approximate surface area is 120 Å². The van der Waals surface area contributed by atoms with Crippen molar-refractivity contribution in [2.45, 2.75) is 24.3 Å². The minimum Gasteiger partial charge on any atom is -0.396 e. The third-order valence-corrected chi connectivity index (χ3v) is 5.56. The molecule has 0 radical (unpaired) electrons. The molecule has 1 aromatic carbocycles. The van der Waals surface area contributed by atoms with Crippen LogP contribution in [0.3, 0.4) is 0 Å². The summed E-state index contributed by atoms with van der Waals surface area (Å²) in [5, 5.41) is 12.2. The number of hydrogen-bond donors (Lipinski definition) is 2. The lowest BCUT2D eigenvalue weighted by molar-refractivity contribution is 0.165. The number of nitrogens with zero attached hydrogens (tertiary/aromatic N) is 1. The maximum atomic E-state index is 12.5. The van der Waals surface area contributed by atoms with E-state index in [0.29, 0.717) is 18.0 Å². The summed E-state index contributed by atoms with van der Waals surface area (Å²) >= 11 is 0. The summed E-state index contributed by atoms with van der Waals surface area (Å²) < 4.78 is 26.6. The Kier molecular flexibility index (Phi) is 5.15. The molecule has 5 nitrogen and oxygen atoms in total. The van der Waals surface area contributed by atoms with Crippen LogP contribution in [0, 0.1) is 5.92 Å². The zero-order chi connectivity index (χ0) is 14.6. The van der Waals surface area contributed by atoms with Crippen LogP contribution in [0.4, 0.5) is 0 Å². The van der Waals surface area contributed by atoms with Crippen LogP contribution in [-0.2, 0) is 16.6 Å². The van der Waals surface area contributed by atoms with Crippen LogP contribution in [-0.4, -0.2) is 44.6 Å². The van der Waals surface area contributed by atoms with Crippen LogP contribution in [0.1, 0.15) is 18.4 Å². The van der Waals surface area contributed by atoms with Gasteiger partial charge in [0.05, 0.1) is 4.90 Å². The topological polar surface area (TPSA) is 69.6 Å². The van der Waals surface area contributed by atoms with Crippen molar-refractivity contribution in [1.82, 2.24) is 9.62 Å². The Morgan fingerprint density at radius 2 is 2.05 bits per heavy atom. The van der Waals surface area contributed by atoms with Crippen LogP contribution >= 0.6 is 0 Å². The van der Waals surface area contributed by atoms with Gasteiger partial charge in [-0.1, -0.05) is 12.1 Å². The standard InChI is InChI=1S/C14H22N2O3S/c1-15-9-12-4-6-14(7-5-12)20(18,19)16-8-2-3-13(10-16)11-17/h4-7,13,15,17H,2-3,8-11H2,1H3. The number of aliphatic hydroxyl groups is 1. The smallest absolute Gasteiger partial charge is 0.243 e. The molecule has 6 heteroatoms. The number of aliphatic hydroxyl groups excluding tert-OH is 1. The third kappa shape index (κ3) is 3.38. The normalized spacial score (nSPS) is 21.0. The van der Waals surface area contributed by atoms with E-state index in [-0.39, 0.29) is 12.5 Å². The first-order valence-corrected chi connectivity index (χ1v) is 8.36. The number of benzene rings is 1. The minimum atomic E-state index is -3.43. The number of sulfonamides is 1. The predicted octanol–water partition coefficient (Wildman–Crippen LogP) is 0.799. The molecule has 1 atom stereocenters. The van der Waals surface area contributed by atoms with E-state index >= 15 is 0 Å². The number of nitrogens with one attached hydrogen (secondary N) is 1. The molecule has 1 aliphatic rings. The monoisotopic (exact) mass is 298 g/mol. The van der Waals surface area contributed by atoms with Crippen molar-refractivity contribution < 1.29 is 13.5 Å². The molecular formula is C14H22N2O3S. The molecule has 1 heterocycles. The van der Waals surface area contributed by atoms with Gasteiger partial charge in [-0.2, -0.15) is 4.31 Å². The molecule has 0 amide bonds. The van der Waals surface area contributed by atoms with Crippen molar-refractivity contribution in [3.8, 4) is 0 Å². The van der Waals surface area contributed by atoms with Crippen molar-refractivity contribution in [3.05, 3.63) is 29.8 Å². The van der Waals surface area contributed by atoms with Crippen LogP contribution in [0.15, 0.2) is 29.2 Å². The van der Waals surface area contributed by atoms with Gasteiger partial charge in [-0.05, 0) is 43.5 Å². The van der Waals surface area contributed by atoms with Crippen molar-refractivity contribution in [1.29, 1.82) is 0 Å². The van der Waals surface area contributed by atoms with Gasteiger partial charge in [0.2, 0.25) is 10.0 Å². The zero-order valence-corrected chi connectivity index (χ0v) is 12.6. The molecule has 0 bridgehead atoms. The molecule has 1 fully saturated rings. The molecule has 1 aliphatic heterocycles. The van der Waals surface area contributed by atoms with Gasteiger partial charge in [-0.25, -0.2) is 8.42 Å². The summed E-state index contributed by atoms with van der Waals surface area (Å²) in [7, 11) is -1.58. The zero-order valence-electron chi connectivity index (χ0n) is 11.7. The predicted molar refractivity (Wildman–Crippen MR) is 77.8 cm³/mol. The van der Waals surface area contributed by atoms with Gasteiger partial charge >= 0.3 is 0 Å². The molecular weight excluding hydrogens is 276 g/mol. The summed E-state index contributed by atoms with van der Waals surface area (Å²) in [6.45, 7) is 1.72. The highest BCUT2D eigenvalue weighted by molar-refractivity contribution is 7.89. The molecule has 0 saturated carbocycles. The summed E-state index contributed by atoms with van der Waals surface area (Å²) in [5.41, 5.74) is 1.05. The number of piperidine rings is 1. The lowest BCUT2D eigenvalue weighted by atomic mass is 10.0. The molecule has 2 N–H and O–H groups in total. The lowest BCUT2D eigenvalue weighted by Crippen LogP contribution is -2.40. The van der Waals surface area contributed by atoms with Gasteiger partial charge in [-0.3, -0.25) is 0 Å². The van der Waals surface area contributed by atoms with E-state index in [1.165, 1.54) is 4.31 Å². The van der Waals surface area contributed by atoms with Gasteiger partial charge in [0, 0.05) is 26.2 Å². The summed E-state index contributed by atoms with van der Waals surface area (Å²) in [6, 6.07) is 6.98. The van der Waals surface area contributed by atoms with Crippen molar-refractivity contribution >= 4 is 10.0 Å². The van der Waals surface area contributed by atoms with E-state index in [1.807, 2.05) is 19.2 Å². The van der Waals surface area contributed by atoms with Crippen LogP contribution in [0.5, 0.6) is 0 Å². The van der Waals surface area contributed by atoms with E-state index < -0.39 is 10.0 Å². The number of hydrogen-bond acceptors (Lipinski definition) is 4. The van der Waals surface area contributed by atoms with Crippen molar-refractivity contribution in [2.24, 2.45) is 5.92 Å². The first kappa shape index (κ1) is 15.4. The fraction of sp³-hybridized carbons (Fsp3) is 0.571. The van der Waals surface area contributed by atoms with Crippen LogP contribution < -0.4 is 5.32 Å². The van der Waals surface area contributed by atoms with E-state index in [1.54, 1.807) is 12.1 Å². The SMILES string of the molecule is CNCc1ccc(S(=O)(=O)N2CCCC(CO)C2)cc1. The molecule has 1 aromatic rings. The first-order valence-electron chi connectivity index (χ1n) is 6.92. The molecule has 0 aliphatic carbocycles.